The third-order valence-electron chi connectivity index (χ3n) is 4.03. The fourth-order valence-corrected chi connectivity index (χ4v) is 3.59. The first-order chi connectivity index (χ1) is 13.2. The van der Waals surface area contributed by atoms with Crippen LogP contribution in [0.2, 0.25) is 0 Å². The molecule has 0 fully saturated rings. The zero-order valence-corrected chi connectivity index (χ0v) is 15.1. The molecule has 0 aliphatic carbocycles. The van der Waals surface area contributed by atoms with E-state index < -0.39 is 6.10 Å². The lowest BCUT2D eigenvalue weighted by Crippen LogP contribution is -2.19. The van der Waals surface area contributed by atoms with Gasteiger partial charge in [0.2, 0.25) is 12.7 Å². The van der Waals surface area contributed by atoms with Crippen molar-refractivity contribution >= 4 is 23.3 Å². The molecule has 0 bridgehead atoms. The molecule has 0 radical (unpaired) electrons. The zero-order valence-electron chi connectivity index (χ0n) is 14.3. The van der Waals surface area contributed by atoms with Crippen molar-refractivity contribution in [1.82, 2.24) is 5.32 Å². The van der Waals surface area contributed by atoms with Crippen LogP contribution >= 0.6 is 11.3 Å². The van der Waals surface area contributed by atoms with Gasteiger partial charge in [0.15, 0.2) is 11.5 Å². The van der Waals surface area contributed by atoms with Crippen LogP contribution in [0.4, 0.5) is 0 Å². The molecule has 2 N–H and O–H groups in total. The minimum absolute atomic E-state index is 0.200. The second kappa shape index (κ2) is 7.69. The molecule has 0 saturated heterocycles. The Morgan fingerprint density at radius 1 is 1.22 bits per heavy atom. The molecule has 3 aromatic rings. The molecular weight excluding hydrogens is 366 g/mol. The van der Waals surface area contributed by atoms with Crippen LogP contribution in [0, 0.1) is 0 Å². The van der Waals surface area contributed by atoms with Gasteiger partial charge in [-0.05, 0) is 48.0 Å². The van der Waals surface area contributed by atoms with Crippen molar-refractivity contribution in [3.63, 3.8) is 0 Å². The highest BCUT2D eigenvalue weighted by Crippen LogP contribution is 2.32. The van der Waals surface area contributed by atoms with E-state index in [1.54, 1.807) is 18.2 Å². The van der Waals surface area contributed by atoms with Gasteiger partial charge in [0.25, 0.3) is 0 Å². The topological polar surface area (TPSA) is 80.9 Å². The maximum absolute atomic E-state index is 12.0. The highest BCUT2D eigenvalue weighted by molar-refractivity contribution is 7.12. The number of hydrogen-bond acceptors (Lipinski definition) is 6. The van der Waals surface area contributed by atoms with Crippen molar-refractivity contribution in [3.05, 3.63) is 75.9 Å². The highest BCUT2D eigenvalue weighted by atomic mass is 32.1. The number of amides is 1. The van der Waals surface area contributed by atoms with Crippen molar-refractivity contribution in [3.8, 4) is 11.5 Å². The van der Waals surface area contributed by atoms with E-state index in [0.717, 1.165) is 15.3 Å². The van der Waals surface area contributed by atoms with Crippen LogP contribution in [0.15, 0.2) is 59.2 Å². The minimum atomic E-state index is -0.791. The van der Waals surface area contributed by atoms with Crippen LogP contribution < -0.4 is 14.8 Å². The fourth-order valence-electron chi connectivity index (χ4n) is 2.65. The average molecular weight is 383 g/mol. The van der Waals surface area contributed by atoms with Gasteiger partial charge in [-0.25, -0.2) is 0 Å². The first-order valence-electron chi connectivity index (χ1n) is 8.35. The van der Waals surface area contributed by atoms with E-state index in [-0.39, 0.29) is 12.7 Å². The molecule has 0 spiro atoms. The number of aliphatic hydroxyl groups excluding tert-OH is 1. The highest BCUT2D eigenvalue weighted by Gasteiger charge is 2.15. The quantitative estimate of drug-likeness (QED) is 0.637. The number of nitrogens with one attached hydrogen (secondary N) is 1. The first-order valence-corrected chi connectivity index (χ1v) is 9.16. The van der Waals surface area contributed by atoms with Gasteiger partial charge in [0.05, 0.1) is 12.8 Å². The van der Waals surface area contributed by atoms with Crippen molar-refractivity contribution < 1.29 is 23.8 Å². The summed E-state index contributed by atoms with van der Waals surface area (Å²) in [5.74, 6) is 1.69. The maximum Gasteiger partial charge on any atom is 0.244 e. The molecule has 3 heterocycles. The molecule has 7 heteroatoms. The maximum atomic E-state index is 12.0. The summed E-state index contributed by atoms with van der Waals surface area (Å²) < 4.78 is 15.8. The van der Waals surface area contributed by atoms with Gasteiger partial charge in [0.1, 0.15) is 11.9 Å². The average Bonchev–Trinajstić information content (AvgIpc) is 3.45. The Bertz CT molecular complexity index is 961. The van der Waals surface area contributed by atoms with Gasteiger partial charge in [-0.1, -0.05) is 6.07 Å². The smallest absolute Gasteiger partial charge is 0.244 e. The van der Waals surface area contributed by atoms with E-state index in [0.29, 0.717) is 23.8 Å². The Balaban J connectivity index is 1.32. The van der Waals surface area contributed by atoms with E-state index in [1.165, 1.54) is 23.7 Å². The van der Waals surface area contributed by atoms with Gasteiger partial charge in [0, 0.05) is 15.8 Å². The van der Waals surface area contributed by atoms with Crippen molar-refractivity contribution in [2.45, 2.75) is 12.6 Å². The van der Waals surface area contributed by atoms with Gasteiger partial charge in [-0.15, -0.1) is 11.3 Å². The van der Waals surface area contributed by atoms with Crippen LogP contribution in [0.5, 0.6) is 11.5 Å². The number of thiophene rings is 1. The summed E-state index contributed by atoms with van der Waals surface area (Å²) >= 11 is 1.43. The Hall–Kier alpha value is -3.03. The van der Waals surface area contributed by atoms with Gasteiger partial charge in [-0.2, -0.15) is 0 Å². The third kappa shape index (κ3) is 4.05. The van der Waals surface area contributed by atoms with Crippen LogP contribution in [-0.2, 0) is 11.3 Å². The number of aliphatic hydroxyl groups is 1. The summed E-state index contributed by atoms with van der Waals surface area (Å²) in [6.45, 7) is 0.611. The van der Waals surface area contributed by atoms with Crippen LogP contribution in [0.3, 0.4) is 0 Å². The Morgan fingerprint density at radius 2 is 2.11 bits per heavy atom. The lowest BCUT2D eigenvalue weighted by atomic mass is 10.2. The molecule has 1 aliphatic rings. The van der Waals surface area contributed by atoms with Crippen molar-refractivity contribution in [1.29, 1.82) is 0 Å². The monoisotopic (exact) mass is 383 g/mol. The minimum Gasteiger partial charge on any atom is -0.466 e. The Labute approximate surface area is 159 Å². The lowest BCUT2D eigenvalue weighted by molar-refractivity contribution is -0.116. The molecular formula is C20H17NO5S. The standard InChI is InChI=1S/C20H17NO5S/c22-19(8-4-13-3-6-15-17(10-13)26-12-25-15)21-11-14-5-7-18(27-14)20(23)16-2-1-9-24-16/h1-10,20,23H,11-12H2,(H,21,22)/b8-4+. The molecule has 138 valence electrons. The molecule has 1 aliphatic heterocycles. The predicted octanol–water partition coefficient (Wildman–Crippen LogP) is 3.48. The summed E-state index contributed by atoms with van der Waals surface area (Å²) in [7, 11) is 0. The molecule has 1 atom stereocenters. The summed E-state index contributed by atoms with van der Waals surface area (Å²) in [4.78, 5) is 13.8. The Morgan fingerprint density at radius 3 is 2.96 bits per heavy atom. The second-order valence-electron chi connectivity index (χ2n) is 5.89. The molecule has 0 saturated carbocycles. The van der Waals surface area contributed by atoms with Crippen molar-refractivity contribution in [2.75, 3.05) is 6.79 Å². The summed E-state index contributed by atoms with van der Waals surface area (Å²) in [5, 5.41) is 13.1. The van der Waals surface area contributed by atoms with Gasteiger partial charge >= 0.3 is 0 Å². The fraction of sp³-hybridized carbons (Fsp3) is 0.150. The Kier molecular flexibility index (Phi) is 4.95. The number of hydrogen-bond donors (Lipinski definition) is 2. The summed E-state index contributed by atoms with van der Waals surface area (Å²) in [6.07, 6.45) is 3.93. The lowest BCUT2D eigenvalue weighted by Gasteiger charge is -2.04. The zero-order chi connectivity index (χ0) is 18.6. The van der Waals surface area contributed by atoms with Crippen molar-refractivity contribution in [2.24, 2.45) is 0 Å². The van der Waals surface area contributed by atoms with Gasteiger partial charge < -0.3 is 24.3 Å². The molecule has 1 aromatic carbocycles. The molecule has 2 aromatic heterocycles. The third-order valence-corrected chi connectivity index (χ3v) is 5.16. The van der Waals surface area contributed by atoms with E-state index >= 15 is 0 Å². The van der Waals surface area contributed by atoms with Crippen LogP contribution in [-0.4, -0.2) is 17.8 Å². The van der Waals surface area contributed by atoms with Gasteiger partial charge in [-0.3, -0.25) is 4.79 Å². The van der Waals surface area contributed by atoms with E-state index in [4.69, 9.17) is 13.9 Å². The number of fused-ring (bicyclic) bond motifs is 1. The SMILES string of the molecule is O=C(/C=C/c1ccc2c(c1)OCO2)NCc1ccc(C(O)c2ccco2)s1. The van der Waals surface area contributed by atoms with E-state index in [1.807, 2.05) is 30.3 Å². The predicted molar refractivity (Wildman–Crippen MR) is 101 cm³/mol. The molecule has 27 heavy (non-hydrogen) atoms. The molecule has 6 nitrogen and oxygen atoms in total. The summed E-state index contributed by atoms with van der Waals surface area (Å²) in [6, 6.07) is 12.7. The number of carbonyl (C=O) groups is 1. The normalized spacial score (nSPS) is 13.8. The second-order valence-corrected chi connectivity index (χ2v) is 7.09. The number of rotatable bonds is 6. The number of carbonyl (C=O) groups excluding carboxylic acids is 1. The number of ether oxygens (including phenoxy) is 2. The first kappa shape index (κ1) is 17.4. The van der Waals surface area contributed by atoms with Crippen LogP contribution in [0.25, 0.3) is 6.08 Å². The van der Waals surface area contributed by atoms with E-state index in [2.05, 4.69) is 5.32 Å². The largest absolute Gasteiger partial charge is 0.466 e. The van der Waals surface area contributed by atoms with Crippen LogP contribution in [0.1, 0.15) is 27.2 Å². The molecule has 1 unspecified atom stereocenters. The van der Waals surface area contributed by atoms with E-state index in [9.17, 15) is 9.90 Å². The summed E-state index contributed by atoms with van der Waals surface area (Å²) in [5.41, 5.74) is 0.856. The number of benzene rings is 1. The molecule has 1 amide bonds. The number of furan rings is 1. The molecule has 4 rings (SSSR count).